The van der Waals surface area contributed by atoms with E-state index in [0.29, 0.717) is 23.4 Å². The molecule has 2 aromatic rings. The van der Waals surface area contributed by atoms with Crippen LogP contribution in [0.4, 0.5) is 0 Å². The highest BCUT2D eigenvalue weighted by atomic mass is 16.5. The van der Waals surface area contributed by atoms with Gasteiger partial charge in [0.25, 0.3) is 0 Å². The number of nitrogens with one attached hydrogen (secondary N) is 1. The summed E-state index contributed by atoms with van der Waals surface area (Å²) in [5.41, 5.74) is 2.30. The molecule has 2 atom stereocenters. The largest absolute Gasteiger partial charge is 0.490 e. The van der Waals surface area contributed by atoms with Gasteiger partial charge in [-0.3, -0.25) is 0 Å². The summed E-state index contributed by atoms with van der Waals surface area (Å²) >= 11 is 0. The van der Waals surface area contributed by atoms with E-state index >= 15 is 0 Å². The van der Waals surface area contributed by atoms with Crippen molar-refractivity contribution in [2.24, 2.45) is 0 Å². The molecule has 1 aliphatic rings. The molecule has 1 unspecified atom stereocenters. The van der Waals surface area contributed by atoms with Crippen LogP contribution in [0.2, 0.25) is 0 Å². The van der Waals surface area contributed by atoms with Crippen LogP contribution >= 0.6 is 0 Å². The second kappa shape index (κ2) is 11.1. The van der Waals surface area contributed by atoms with Gasteiger partial charge in [0.2, 0.25) is 0 Å². The van der Waals surface area contributed by atoms with Gasteiger partial charge in [-0.15, -0.1) is 0 Å². The Kier molecular flexibility index (Phi) is 8.29. The zero-order valence-electron chi connectivity index (χ0n) is 18.0. The number of hydrogen-bond acceptors (Lipinski definition) is 5. The summed E-state index contributed by atoms with van der Waals surface area (Å²) in [5.74, 6) is 0.0929. The zero-order chi connectivity index (χ0) is 21.3. The Balaban J connectivity index is 1.63. The van der Waals surface area contributed by atoms with Gasteiger partial charge in [0.1, 0.15) is 11.3 Å². The van der Waals surface area contributed by atoms with E-state index in [2.05, 4.69) is 24.4 Å². The lowest BCUT2D eigenvalue weighted by atomic mass is 9.97. The van der Waals surface area contributed by atoms with Crippen LogP contribution in [-0.2, 0) is 11.2 Å². The van der Waals surface area contributed by atoms with Crippen molar-refractivity contribution in [3.05, 3.63) is 65.2 Å². The molecule has 162 valence electrons. The first-order chi connectivity index (χ1) is 14.6. The van der Waals surface area contributed by atoms with Crippen molar-refractivity contribution in [3.63, 3.8) is 0 Å². The minimum Gasteiger partial charge on any atom is -0.490 e. The summed E-state index contributed by atoms with van der Waals surface area (Å²) < 4.78 is 11.1. The Bertz CT molecular complexity index is 802. The normalized spacial score (nSPS) is 16.6. The standard InChI is InChI=1S/C25H33NO4/c1-18(15-19-9-5-3-6-10-19)26-17-23(27)20-13-14-24(22(16-20)25(28)29-2)30-21-11-7-4-8-12-21/h3,5-6,9-10,13-14,16,18,21,23,26-27H,4,7-8,11-12,15,17H2,1-2H3/t18?,23-/m0/s1. The Morgan fingerprint density at radius 3 is 2.57 bits per heavy atom. The van der Waals surface area contributed by atoms with Crippen LogP contribution in [0, 0.1) is 0 Å². The van der Waals surface area contributed by atoms with Gasteiger partial charge in [-0.1, -0.05) is 42.8 Å². The molecule has 0 aliphatic heterocycles. The highest BCUT2D eigenvalue weighted by Crippen LogP contribution is 2.29. The van der Waals surface area contributed by atoms with Gasteiger partial charge in [0, 0.05) is 12.6 Å². The maximum absolute atomic E-state index is 12.3. The summed E-state index contributed by atoms with van der Waals surface area (Å²) in [6, 6.07) is 15.8. The predicted molar refractivity (Wildman–Crippen MR) is 118 cm³/mol. The van der Waals surface area contributed by atoms with Crippen LogP contribution in [-0.4, -0.2) is 36.9 Å². The molecule has 0 saturated heterocycles. The molecule has 3 rings (SSSR count). The van der Waals surface area contributed by atoms with Crippen molar-refractivity contribution in [2.75, 3.05) is 13.7 Å². The number of aliphatic hydroxyl groups excluding tert-OH is 1. The van der Waals surface area contributed by atoms with E-state index in [9.17, 15) is 9.90 Å². The average molecular weight is 412 g/mol. The van der Waals surface area contributed by atoms with E-state index in [0.717, 1.165) is 32.1 Å². The molecule has 0 bridgehead atoms. The maximum atomic E-state index is 12.3. The second-order valence-electron chi connectivity index (χ2n) is 8.14. The number of carbonyl (C=O) groups is 1. The maximum Gasteiger partial charge on any atom is 0.341 e. The van der Waals surface area contributed by atoms with Crippen molar-refractivity contribution in [3.8, 4) is 5.75 Å². The first-order valence-electron chi connectivity index (χ1n) is 10.9. The number of methoxy groups -OCH3 is 1. The van der Waals surface area contributed by atoms with E-state index in [1.807, 2.05) is 24.3 Å². The quantitative estimate of drug-likeness (QED) is 0.597. The fourth-order valence-electron chi connectivity index (χ4n) is 3.96. The number of esters is 1. The van der Waals surface area contributed by atoms with E-state index < -0.39 is 12.1 Å². The molecule has 2 N–H and O–H groups in total. The molecule has 30 heavy (non-hydrogen) atoms. The van der Waals surface area contributed by atoms with E-state index in [4.69, 9.17) is 9.47 Å². The molecule has 1 fully saturated rings. The second-order valence-corrected chi connectivity index (χ2v) is 8.14. The smallest absolute Gasteiger partial charge is 0.341 e. The molecule has 0 heterocycles. The van der Waals surface area contributed by atoms with Gasteiger partial charge in [-0.25, -0.2) is 4.79 Å². The number of carbonyl (C=O) groups excluding carboxylic acids is 1. The van der Waals surface area contributed by atoms with E-state index in [1.165, 1.54) is 19.1 Å². The van der Waals surface area contributed by atoms with Crippen LogP contribution in [0.3, 0.4) is 0 Å². The fourth-order valence-corrected chi connectivity index (χ4v) is 3.96. The molecular formula is C25H33NO4. The Hall–Kier alpha value is -2.37. The van der Waals surface area contributed by atoms with Gasteiger partial charge in [-0.2, -0.15) is 0 Å². The lowest BCUT2D eigenvalue weighted by Gasteiger charge is -2.24. The van der Waals surface area contributed by atoms with E-state index in [-0.39, 0.29) is 12.1 Å². The first kappa shape index (κ1) is 22.3. The predicted octanol–water partition coefficient (Wildman–Crippen LogP) is 4.44. The summed E-state index contributed by atoms with van der Waals surface area (Å²) in [6.07, 6.45) is 5.86. The van der Waals surface area contributed by atoms with Crippen molar-refractivity contribution < 1.29 is 19.4 Å². The summed E-state index contributed by atoms with van der Waals surface area (Å²) in [6.45, 7) is 2.50. The van der Waals surface area contributed by atoms with Crippen molar-refractivity contribution >= 4 is 5.97 Å². The minimum atomic E-state index is -0.727. The molecular weight excluding hydrogens is 378 g/mol. The monoisotopic (exact) mass is 411 g/mol. The number of hydrogen-bond donors (Lipinski definition) is 2. The van der Waals surface area contributed by atoms with Crippen molar-refractivity contribution in [1.82, 2.24) is 5.32 Å². The lowest BCUT2D eigenvalue weighted by Crippen LogP contribution is -2.32. The summed E-state index contributed by atoms with van der Waals surface area (Å²) in [4.78, 5) is 12.3. The molecule has 2 aromatic carbocycles. The van der Waals surface area contributed by atoms with Crippen molar-refractivity contribution in [1.29, 1.82) is 0 Å². The van der Waals surface area contributed by atoms with Crippen LogP contribution in [0.5, 0.6) is 5.75 Å². The van der Waals surface area contributed by atoms with Gasteiger partial charge >= 0.3 is 5.97 Å². The topological polar surface area (TPSA) is 67.8 Å². The van der Waals surface area contributed by atoms with Gasteiger partial charge in [0.05, 0.1) is 19.3 Å². The van der Waals surface area contributed by atoms with Gasteiger partial charge < -0.3 is 19.9 Å². The van der Waals surface area contributed by atoms with Crippen LogP contribution in [0.15, 0.2) is 48.5 Å². The van der Waals surface area contributed by atoms with Crippen molar-refractivity contribution in [2.45, 2.75) is 63.7 Å². The average Bonchev–Trinajstić information content (AvgIpc) is 2.78. The minimum absolute atomic E-state index is 0.137. The Morgan fingerprint density at radius 1 is 1.13 bits per heavy atom. The third-order valence-electron chi connectivity index (χ3n) is 5.68. The number of rotatable bonds is 9. The molecule has 5 nitrogen and oxygen atoms in total. The molecule has 0 spiro atoms. The molecule has 1 saturated carbocycles. The fraction of sp³-hybridized carbons (Fsp3) is 0.480. The number of benzene rings is 2. The number of aliphatic hydroxyl groups is 1. The van der Waals surface area contributed by atoms with Crippen LogP contribution < -0.4 is 10.1 Å². The summed E-state index contributed by atoms with van der Waals surface area (Å²) in [5, 5.41) is 14.0. The third kappa shape index (κ3) is 6.31. The van der Waals surface area contributed by atoms with Gasteiger partial charge in [-0.05, 0) is 62.3 Å². The van der Waals surface area contributed by atoms with Crippen LogP contribution in [0.25, 0.3) is 0 Å². The number of ether oxygens (including phenoxy) is 2. The third-order valence-corrected chi connectivity index (χ3v) is 5.68. The molecule has 1 aliphatic carbocycles. The lowest BCUT2D eigenvalue weighted by molar-refractivity contribution is 0.0590. The molecule has 0 amide bonds. The zero-order valence-corrected chi connectivity index (χ0v) is 18.0. The molecule has 0 aromatic heterocycles. The Labute approximate surface area is 179 Å². The Morgan fingerprint density at radius 2 is 1.87 bits per heavy atom. The highest BCUT2D eigenvalue weighted by Gasteiger charge is 2.21. The highest BCUT2D eigenvalue weighted by molar-refractivity contribution is 5.92. The van der Waals surface area contributed by atoms with Crippen LogP contribution in [0.1, 0.15) is 66.6 Å². The molecule has 5 heteroatoms. The molecule has 0 radical (unpaired) electrons. The van der Waals surface area contributed by atoms with E-state index in [1.54, 1.807) is 12.1 Å². The summed E-state index contributed by atoms with van der Waals surface area (Å²) in [7, 11) is 1.36. The SMILES string of the molecule is COC(=O)c1cc([C@@H](O)CNC(C)Cc2ccccc2)ccc1OC1CCCCC1. The van der Waals surface area contributed by atoms with Gasteiger partial charge in [0.15, 0.2) is 0 Å². The first-order valence-corrected chi connectivity index (χ1v) is 10.9.